The molecule has 4 rings (SSSR count). The number of nitrogens with zero attached hydrogens (tertiary/aromatic N) is 1. The van der Waals surface area contributed by atoms with Gasteiger partial charge in [-0.3, -0.25) is 14.6 Å². The van der Waals surface area contributed by atoms with Gasteiger partial charge in [0.05, 0.1) is 23.6 Å². The Labute approximate surface area is 184 Å². The van der Waals surface area contributed by atoms with E-state index in [2.05, 4.69) is 5.32 Å². The number of nitrogens with two attached hydrogens (primary N) is 1. The topological polar surface area (TPSA) is 111 Å². The van der Waals surface area contributed by atoms with Gasteiger partial charge in [0.1, 0.15) is 5.92 Å². The number of rotatable bonds is 6. The number of carbonyl (C=O) groups excluding carboxylic acids is 3. The van der Waals surface area contributed by atoms with E-state index in [0.717, 1.165) is 5.56 Å². The van der Waals surface area contributed by atoms with Crippen LogP contribution in [0.25, 0.3) is 0 Å². The molecule has 0 saturated heterocycles. The maximum atomic E-state index is 13.0. The molecule has 1 atom stereocenters. The summed E-state index contributed by atoms with van der Waals surface area (Å²) in [7, 11) is 0. The Morgan fingerprint density at radius 1 is 0.969 bits per heavy atom. The summed E-state index contributed by atoms with van der Waals surface area (Å²) in [5.74, 6) is -1.88. The Morgan fingerprint density at radius 3 is 2.31 bits per heavy atom. The average molecular weight is 427 g/mol. The lowest BCUT2D eigenvalue weighted by Crippen LogP contribution is -2.21. The number of aliphatic imine (C=N–C) groups is 1. The lowest BCUT2D eigenvalue weighted by atomic mass is 9.90. The largest absolute Gasteiger partial charge is 0.462 e. The zero-order valence-electron chi connectivity index (χ0n) is 17.4. The lowest BCUT2D eigenvalue weighted by Gasteiger charge is -2.14. The highest BCUT2D eigenvalue weighted by atomic mass is 16.5. The van der Waals surface area contributed by atoms with Crippen LogP contribution in [0.5, 0.6) is 0 Å². The molecule has 7 nitrogen and oxygen atoms in total. The quantitative estimate of drug-likeness (QED) is 0.460. The van der Waals surface area contributed by atoms with Crippen LogP contribution in [0.1, 0.15) is 44.7 Å². The molecule has 160 valence electrons. The molecule has 0 aliphatic carbocycles. The van der Waals surface area contributed by atoms with Crippen LogP contribution in [0, 0.1) is 0 Å². The summed E-state index contributed by atoms with van der Waals surface area (Å²) in [4.78, 5) is 41.2. The van der Waals surface area contributed by atoms with Crippen LogP contribution in [0.4, 0.5) is 11.4 Å². The first kappa shape index (κ1) is 21.0. The molecule has 3 aromatic rings. The number of ether oxygens (including phenoxy) is 1. The second-order valence-corrected chi connectivity index (χ2v) is 7.22. The predicted molar refractivity (Wildman–Crippen MR) is 121 cm³/mol. The van der Waals surface area contributed by atoms with Crippen LogP contribution in [-0.2, 0) is 9.53 Å². The minimum atomic E-state index is -0.668. The summed E-state index contributed by atoms with van der Waals surface area (Å²) in [6, 6.07) is 21.0. The lowest BCUT2D eigenvalue weighted by molar-refractivity contribution is -0.115. The zero-order chi connectivity index (χ0) is 22.7. The normalized spacial score (nSPS) is 15.1. The van der Waals surface area contributed by atoms with Gasteiger partial charge in [-0.1, -0.05) is 36.4 Å². The molecular formula is C25H21N3O4. The van der Waals surface area contributed by atoms with Gasteiger partial charge in [-0.25, -0.2) is 4.79 Å². The molecule has 0 spiro atoms. The smallest absolute Gasteiger partial charge is 0.338 e. The summed E-state index contributed by atoms with van der Waals surface area (Å²) in [6.07, 6.45) is 0. The van der Waals surface area contributed by atoms with Gasteiger partial charge in [-0.15, -0.1) is 0 Å². The second kappa shape index (κ2) is 8.85. The molecule has 3 aromatic carbocycles. The van der Waals surface area contributed by atoms with Crippen LogP contribution in [0.15, 0.2) is 77.8 Å². The van der Waals surface area contributed by atoms with Gasteiger partial charge >= 0.3 is 5.97 Å². The number of esters is 1. The van der Waals surface area contributed by atoms with Crippen LogP contribution in [0.2, 0.25) is 0 Å². The van der Waals surface area contributed by atoms with E-state index in [9.17, 15) is 14.4 Å². The molecule has 7 heteroatoms. The van der Waals surface area contributed by atoms with Crippen molar-refractivity contribution < 1.29 is 19.1 Å². The SMILES string of the molecule is CCOC(=O)c1ccc(N=C(c2ccccc2)C2C(=O)Nc3cc(C(N)=O)ccc32)cc1. The zero-order valence-corrected chi connectivity index (χ0v) is 17.4. The molecule has 32 heavy (non-hydrogen) atoms. The predicted octanol–water partition coefficient (Wildman–Crippen LogP) is 3.82. The molecule has 1 aliphatic heterocycles. The van der Waals surface area contributed by atoms with E-state index in [1.54, 1.807) is 49.4 Å². The van der Waals surface area contributed by atoms with Crippen LogP contribution in [0.3, 0.4) is 0 Å². The Kier molecular flexibility index (Phi) is 5.81. The fourth-order valence-electron chi connectivity index (χ4n) is 3.62. The third-order valence-corrected chi connectivity index (χ3v) is 5.14. The molecule has 2 amide bonds. The summed E-state index contributed by atoms with van der Waals surface area (Å²) in [5, 5.41) is 2.83. The van der Waals surface area contributed by atoms with E-state index in [1.807, 2.05) is 30.3 Å². The Bertz CT molecular complexity index is 1220. The fourth-order valence-corrected chi connectivity index (χ4v) is 3.62. The number of carbonyl (C=O) groups is 3. The minimum absolute atomic E-state index is 0.243. The highest BCUT2D eigenvalue weighted by Crippen LogP contribution is 2.37. The molecule has 0 aromatic heterocycles. The molecule has 0 bridgehead atoms. The van der Waals surface area contributed by atoms with E-state index >= 15 is 0 Å². The highest BCUT2D eigenvalue weighted by Gasteiger charge is 2.35. The van der Waals surface area contributed by atoms with Crippen molar-refractivity contribution in [2.45, 2.75) is 12.8 Å². The molecule has 3 N–H and O–H groups in total. The molecule has 0 fully saturated rings. The van der Waals surface area contributed by atoms with E-state index in [-0.39, 0.29) is 5.91 Å². The number of anilines is 1. The van der Waals surface area contributed by atoms with Crippen molar-refractivity contribution in [3.63, 3.8) is 0 Å². The van der Waals surface area contributed by atoms with Gasteiger partial charge in [0.15, 0.2) is 0 Å². The molecule has 1 heterocycles. The standard InChI is InChI=1S/C25H21N3O4/c1-2-32-25(31)16-8-11-18(12-9-16)27-22(15-6-4-3-5-7-15)21-19-13-10-17(23(26)29)14-20(19)28-24(21)30/h3-14,21H,2H2,1H3,(H2,26,29)(H,28,30). The summed E-state index contributed by atoms with van der Waals surface area (Å²) in [5.41, 5.74) is 9.30. The number of nitrogens with one attached hydrogen (secondary N) is 1. The van der Waals surface area contributed by atoms with E-state index < -0.39 is 17.8 Å². The van der Waals surface area contributed by atoms with Crippen molar-refractivity contribution in [3.05, 3.63) is 95.1 Å². The molecule has 0 radical (unpaired) electrons. The first-order chi connectivity index (χ1) is 15.5. The second-order valence-electron chi connectivity index (χ2n) is 7.22. The van der Waals surface area contributed by atoms with Crippen molar-refractivity contribution >= 4 is 34.9 Å². The summed E-state index contributed by atoms with van der Waals surface area (Å²) >= 11 is 0. The van der Waals surface area contributed by atoms with E-state index in [4.69, 9.17) is 15.5 Å². The number of primary amides is 1. The number of hydrogen-bond acceptors (Lipinski definition) is 5. The Hall–Kier alpha value is -4.26. The molecule has 1 unspecified atom stereocenters. The molecule has 1 aliphatic rings. The van der Waals surface area contributed by atoms with Gasteiger partial charge in [-0.2, -0.15) is 0 Å². The summed E-state index contributed by atoms with van der Waals surface area (Å²) < 4.78 is 5.02. The van der Waals surface area contributed by atoms with Crippen LogP contribution >= 0.6 is 0 Å². The van der Waals surface area contributed by atoms with Crippen molar-refractivity contribution in [2.75, 3.05) is 11.9 Å². The number of benzene rings is 3. The van der Waals surface area contributed by atoms with Gasteiger partial charge in [0.2, 0.25) is 11.8 Å². The van der Waals surface area contributed by atoms with Crippen molar-refractivity contribution in [1.82, 2.24) is 0 Å². The fraction of sp³-hybridized carbons (Fsp3) is 0.120. The van der Waals surface area contributed by atoms with Gasteiger partial charge < -0.3 is 15.8 Å². The van der Waals surface area contributed by atoms with Gasteiger partial charge in [0.25, 0.3) is 0 Å². The average Bonchev–Trinajstić information content (AvgIpc) is 3.13. The number of hydrogen-bond donors (Lipinski definition) is 2. The first-order valence-electron chi connectivity index (χ1n) is 10.1. The minimum Gasteiger partial charge on any atom is -0.462 e. The third-order valence-electron chi connectivity index (χ3n) is 5.14. The Morgan fingerprint density at radius 2 is 1.66 bits per heavy atom. The summed E-state index contributed by atoms with van der Waals surface area (Å²) in [6.45, 7) is 2.05. The highest BCUT2D eigenvalue weighted by molar-refractivity contribution is 6.24. The molecular weight excluding hydrogens is 406 g/mol. The van der Waals surface area contributed by atoms with Crippen molar-refractivity contribution in [3.8, 4) is 0 Å². The van der Waals surface area contributed by atoms with Crippen LogP contribution in [-0.4, -0.2) is 30.1 Å². The number of fused-ring (bicyclic) bond motifs is 1. The monoisotopic (exact) mass is 427 g/mol. The van der Waals surface area contributed by atoms with Crippen molar-refractivity contribution in [2.24, 2.45) is 10.7 Å². The number of amides is 2. The maximum absolute atomic E-state index is 13.0. The van der Waals surface area contributed by atoms with Gasteiger partial charge in [0, 0.05) is 11.3 Å². The Balaban J connectivity index is 1.77. The van der Waals surface area contributed by atoms with E-state index in [0.29, 0.717) is 40.4 Å². The first-order valence-corrected chi connectivity index (χ1v) is 10.1. The van der Waals surface area contributed by atoms with Crippen LogP contribution < -0.4 is 11.1 Å². The maximum Gasteiger partial charge on any atom is 0.338 e. The molecule has 0 saturated carbocycles. The van der Waals surface area contributed by atoms with Gasteiger partial charge in [-0.05, 0) is 54.4 Å². The van der Waals surface area contributed by atoms with E-state index in [1.165, 1.54) is 0 Å². The van der Waals surface area contributed by atoms with Crippen molar-refractivity contribution in [1.29, 1.82) is 0 Å². The third kappa shape index (κ3) is 4.13.